The Morgan fingerprint density at radius 1 is 1.21 bits per heavy atom. The van der Waals surface area contributed by atoms with Crippen molar-refractivity contribution in [2.24, 2.45) is 0 Å². The molecule has 6 heteroatoms. The second-order valence-corrected chi connectivity index (χ2v) is 4.93. The van der Waals surface area contributed by atoms with Gasteiger partial charge in [0.1, 0.15) is 17.3 Å². The summed E-state index contributed by atoms with van der Waals surface area (Å²) >= 11 is 0. The minimum Gasteiger partial charge on any atom is -0.477 e. The summed E-state index contributed by atoms with van der Waals surface area (Å²) in [5.74, 6) is -1.28. The lowest BCUT2D eigenvalue weighted by Crippen LogP contribution is -1.97. The average molecular weight is 316 g/mol. The molecule has 24 heavy (non-hydrogen) atoms. The molecule has 0 aliphatic rings. The molecule has 3 rings (SSSR count). The molecule has 116 valence electrons. The lowest BCUT2D eigenvalue weighted by Gasteiger charge is -1.99. The maximum Gasteiger partial charge on any atom is 0.346 e. The molecule has 1 N–H and O–H groups in total. The van der Waals surface area contributed by atoms with Crippen LogP contribution in [0, 0.1) is 11.3 Å². The van der Waals surface area contributed by atoms with Crippen LogP contribution in [0.3, 0.4) is 0 Å². The number of hydrogen-bond acceptors (Lipinski definition) is 4. The predicted octanol–water partition coefficient (Wildman–Crippen LogP) is 2.93. The van der Waals surface area contributed by atoms with Crippen molar-refractivity contribution in [3.63, 3.8) is 0 Å². The standard InChI is InChI=1S/C18H12N4O2/c19-10-14(18(23)24)9-15-12-22(16-6-2-1-3-7-16)21-17(15)13-5-4-8-20-11-13/h1-9,11-12H,(H,23,24). The van der Waals surface area contributed by atoms with E-state index in [1.807, 2.05) is 36.4 Å². The van der Waals surface area contributed by atoms with Gasteiger partial charge in [-0.15, -0.1) is 0 Å². The van der Waals surface area contributed by atoms with Crippen LogP contribution >= 0.6 is 0 Å². The normalized spacial score (nSPS) is 11.0. The van der Waals surface area contributed by atoms with Gasteiger partial charge < -0.3 is 5.11 Å². The first-order valence-corrected chi connectivity index (χ1v) is 7.09. The molecule has 0 aliphatic carbocycles. The Hall–Kier alpha value is -3.72. The third kappa shape index (κ3) is 3.05. The van der Waals surface area contributed by atoms with Gasteiger partial charge in [0.15, 0.2) is 0 Å². The van der Waals surface area contributed by atoms with Gasteiger partial charge in [-0.25, -0.2) is 9.48 Å². The van der Waals surface area contributed by atoms with Crippen LogP contribution in [0.2, 0.25) is 0 Å². The van der Waals surface area contributed by atoms with Crippen LogP contribution < -0.4 is 0 Å². The van der Waals surface area contributed by atoms with E-state index < -0.39 is 5.97 Å². The van der Waals surface area contributed by atoms with Crippen LogP contribution in [-0.4, -0.2) is 25.8 Å². The fourth-order valence-corrected chi connectivity index (χ4v) is 2.23. The molecule has 0 bridgehead atoms. The van der Waals surface area contributed by atoms with Gasteiger partial charge in [0, 0.05) is 29.7 Å². The monoisotopic (exact) mass is 316 g/mol. The number of benzene rings is 1. The SMILES string of the molecule is N#CC(=Cc1cn(-c2ccccc2)nc1-c1cccnc1)C(=O)O. The van der Waals surface area contributed by atoms with Gasteiger partial charge >= 0.3 is 5.97 Å². The van der Waals surface area contributed by atoms with E-state index in [-0.39, 0.29) is 5.57 Å². The van der Waals surface area contributed by atoms with E-state index >= 15 is 0 Å². The van der Waals surface area contributed by atoms with Crippen LogP contribution in [0.5, 0.6) is 0 Å². The Morgan fingerprint density at radius 2 is 2.00 bits per heavy atom. The molecule has 0 aliphatic heterocycles. The number of carboxylic acids is 1. The van der Waals surface area contributed by atoms with Crippen molar-refractivity contribution in [1.29, 1.82) is 5.26 Å². The van der Waals surface area contributed by atoms with Gasteiger partial charge in [-0.2, -0.15) is 10.4 Å². The summed E-state index contributed by atoms with van der Waals surface area (Å²) < 4.78 is 1.64. The summed E-state index contributed by atoms with van der Waals surface area (Å²) in [6.07, 6.45) is 6.29. The second-order valence-electron chi connectivity index (χ2n) is 4.93. The van der Waals surface area contributed by atoms with Crippen molar-refractivity contribution in [2.75, 3.05) is 0 Å². The fraction of sp³-hybridized carbons (Fsp3) is 0. The van der Waals surface area contributed by atoms with Gasteiger partial charge in [0.05, 0.1) is 5.69 Å². The highest BCUT2D eigenvalue weighted by Gasteiger charge is 2.14. The average Bonchev–Trinajstić information content (AvgIpc) is 3.05. The summed E-state index contributed by atoms with van der Waals surface area (Å²) in [4.78, 5) is 15.2. The first-order chi connectivity index (χ1) is 11.7. The van der Waals surface area contributed by atoms with E-state index in [1.54, 1.807) is 35.4 Å². The highest BCUT2D eigenvalue weighted by molar-refractivity contribution is 5.97. The molecule has 0 atom stereocenters. The van der Waals surface area contributed by atoms with Gasteiger partial charge in [0.25, 0.3) is 0 Å². The number of carbonyl (C=O) groups is 1. The zero-order valence-corrected chi connectivity index (χ0v) is 12.5. The molecule has 0 amide bonds. The molecule has 0 saturated carbocycles. The Bertz CT molecular complexity index is 938. The van der Waals surface area contributed by atoms with Gasteiger partial charge in [-0.3, -0.25) is 4.98 Å². The number of para-hydroxylation sites is 1. The topological polar surface area (TPSA) is 91.8 Å². The first-order valence-electron chi connectivity index (χ1n) is 7.09. The van der Waals surface area contributed by atoms with Crippen molar-refractivity contribution in [1.82, 2.24) is 14.8 Å². The summed E-state index contributed by atoms with van der Waals surface area (Å²) in [6.45, 7) is 0. The van der Waals surface area contributed by atoms with Gasteiger partial charge in [-0.05, 0) is 30.3 Å². The van der Waals surface area contributed by atoms with Crippen molar-refractivity contribution in [2.45, 2.75) is 0 Å². The molecular weight excluding hydrogens is 304 g/mol. The molecule has 6 nitrogen and oxygen atoms in total. The Balaban J connectivity index is 2.18. The molecule has 1 aromatic carbocycles. The van der Waals surface area contributed by atoms with Crippen LogP contribution in [0.1, 0.15) is 5.56 Å². The van der Waals surface area contributed by atoms with Crippen LogP contribution in [0.15, 0.2) is 66.6 Å². The number of hydrogen-bond donors (Lipinski definition) is 1. The molecule has 0 unspecified atom stereocenters. The summed E-state index contributed by atoms with van der Waals surface area (Å²) in [6, 6.07) is 14.7. The van der Waals surface area contributed by atoms with E-state index in [4.69, 9.17) is 10.4 Å². The van der Waals surface area contributed by atoms with Gasteiger partial charge in [0.2, 0.25) is 0 Å². The van der Waals surface area contributed by atoms with Crippen LogP contribution in [0.4, 0.5) is 0 Å². The Labute approximate surface area is 137 Å². The van der Waals surface area contributed by atoms with E-state index in [9.17, 15) is 4.79 Å². The molecule has 0 spiro atoms. The summed E-state index contributed by atoms with van der Waals surface area (Å²) in [5, 5.41) is 22.6. The number of carboxylic acid groups (broad SMARTS) is 1. The van der Waals surface area contributed by atoms with Crippen LogP contribution in [0.25, 0.3) is 23.0 Å². The Kier molecular flexibility index (Phi) is 4.17. The number of nitriles is 1. The highest BCUT2D eigenvalue weighted by Crippen LogP contribution is 2.25. The number of nitrogens with zero attached hydrogens (tertiary/aromatic N) is 4. The lowest BCUT2D eigenvalue weighted by molar-refractivity contribution is -0.132. The van der Waals surface area contributed by atoms with E-state index in [0.29, 0.717) is 11.3 Å². The lowest BCUT2D eigenvalue weighted by atomic mass is 10.1. The van der Waals surface area contributed by atoms with E-state index in [1.165, 1.54) is 6.08 Å². The second kappa shape index (κ2) is 6.58. The molecule has 3 aromatic rings. The van der Waals surface area contributed by atoms with Crippen molar-refractivity contribution < 1.29 is 9.90 Å². The minimum atomic E-state index is -1.28. The van der Waals surface area contributed by atoms with E-state index in [0.717, 1.165) is 11.3 Å². The van der Waals surface area contributed by atoms with Crippen molar-refractivity contribution in [3.8, 4) is 23.0 Å². The smallest absolute Gasteiger partial charge is 0.346 e. The fourth-order valence-electron chi connectivity index (χ4n) is 2.23. The highest BCUT2D eigenvalue weighted by atomic mass is 16.4. The van der Waals surface area contributed by atoms with Crippen molar-refractivity contribution in [3.05, 3.63) is 72.2 Å². The number of aromatic nitrogens is 3. The largest absolute Gasteiger partial charge is 0.477 e. The van der Waals surface area contributed by atoms with Crippen molar-refractivity contribution >= 4 is 12.0 Å². The third-order valence-corrected chi connectivity index (χ3v) is 3.35. The molecule has 2 heterocycles. The molecule has 0 saturated heterocycles. The first kappa shape index (κ1) is 15.2. The maximum atomic E-state index is 11.1. The number of aliphatic carboxylic acids is 1. The van der Waals surface area contributed by atoms with E-state index in [2.05, 4.69) is 10.1 Å². The Morgan fingerprint density at radius 3 is 2.62 bits per heavy atom. The minimum absolute atomic E-state index is 0.354. The maximum absolute atomic E-state index is 11.1. The number of pyridine rings is 1. The summed E-state index contributed by atoms with van der Waals surface area (Å²) in [7, 11) is 0. The van der Waals surface area contributed by atoms with Gasteiger partial charge in [-0.1, -0.05) is 18.2 Å². The quantitative estimate of drug-likeness (QED) is 0.590. The third-order valence-electron chi connectivity index (χ3n) is 3.35. The zero-order valence-electron chi connectivity index (χ0n) is 12.5. The molecule has 0 fully saturated rings. The summed E-state index contributed by atoms with van der Waals surface area (Å²) in [5.41, 5.74) is 2.30. The predicted molar refractivity (Wildman–Crippen MR) is 88.0 cm³/mol. The zero-order chi connectivity index (χ0) is 16.9. The molecule has 2 aromatic heterocycles. The molecular formula is C18H12N4O2. The number of rotatable bonds is 4. The molecule has 0 radical (unpaired) electrons. The van der Waals surface area contributed by atoms with Crippen LogP contribution in [-0.2, 0) is 4.79 Å².